The topological polar surface area (TPSA) is 61.3 Å². The minimum absolute atomic E-state index is 0.00440. The van der Waals surface area contributed by atoms with Crippen LogP contribution in [0.3, 0.4) is 0 Å². The van der Waals surface area contributed by atoms with Gasteiger partial charge in [0.15, 0.2) is 0 Å². The molecule has 4 N–H and O–H groups in total. The highest BCUT2D eigenvalue weighted by Gasteiger charge is 2.14. The Hall–Kier alpha value is -1.06. The molecule has 0 amide bonds. The van der Waals surface area contributed by atoms with Crippen molar-refractivity contribution in [2.75, 3.05) is 7.11 Å². The molecule has 1 rings (SSSR count). The van der Waals surface area contributed by atoms with Gasteiger partial charge < -0.3 is 16.2 Å². The van der Waals surface area contributed by atoms with Crippen LogP contribution >= 0.6 is 0 Å². The van der Waals surface area contributed by atoms with E-state index >= 15 is 0 Å². The van der Waals surface area contributed by atoms with Gasteiger partial charge in [-0.2, -0.15) is 0 Å². The number of methoxy groups -OCH3 is 1. The molecule has 0 bridgehead atoms. The lowest BCUT2D eigenvalue weighted by molar-refractivity contribution is 0.402. The first kappa shape index (κ1) is 14.0. The Labute approximate surface area is 104 Å². The maximum Gasteiger partial charge on any atom is 0.123 e. The number of hydrogen-bond acceptors (Lipinski definition) is 3. The van der Waals surface area contributed by atoms with Gasteiger partial charge in [0.1, 0.15) is 5.75 Å². The van der Waals surface area contributed by atoms with E-state index in [2.05, 4.69) is 26.0 Å². The summed E-state index contributed by atoms with van der Waals surface area (Å²) in [6.07, 6.45) is 1.81. The molecular formula is C14H24N2O. The Balaban J connectivity index is 2.91. The summed E-state index contributed by atoms with van der Waals surface area (Å²) in [5, 5.41) is 0. The van der Waals surface area contributed by atoms with Crippen LogP contribution < -0.4 is 16.2 Å². The number of benzene rings is 1. The summed E-state index contributed by atoms with van der Waals surface area (Å²) >= 11 is 0. The number of ether oxygens (including phenoxy) is 1. The predicted molar refractivity (Wildman–Crippen MR) is 72.3 cm³/mol. The Bertz CT molecular complexity index is 375. The molecule has 0 aromatic heterocycles. The molecule has 2 unspecified atom stereocenters. The van der Waals surface area contributed by atoms with Gasteiger partial charge in [-0.3, -0.25) is 0 Å². The van der Waals surface area contributed by atoms with E-state index in [0.717, 1.165) is 24.2 Å². The van der Waals surface area contributed by atoms with E-state index in [1.165, 1.54) is 11.1 Å². The van der Waals surface area contributed by atoms with Gasteiger partial charge in [-0.15, -0.1) is 0 Å². The molecule has 0 radical (unpaired) electrons. The molecule has 0 aliphatic carbocycles. The van der Waals surface area contributed by atoms with Crippen molar-refractivity contribution in [3.8, 4) is 5.75 Å². The Morgan fingerprint density at radius 2 is 1.71 bits per heavy atom. The van der Waals surface area contributed by atoms with Crippen LogP contribution in [0.2, 0.25) is 0 Å². The normalized spacial score (nSPS) is 14.5. The van der Waals surface area contributed by atoms with Gasteiger partial charge in [0.05, 0.1) is 7.11 Å². The van der Waals surface area contributed by atoms with E-state index in [1.54, 1.807) is 7.11 Å². The molecule has 1 aromatic rings. The molecule has 2 atom stereocenters. The van der Waals surface area contributed by atoms with E-state index in [1.807, 2.05) is 6.92 Å². The molecule has 0 spiro atoms. The van der Waals surface area contributed by atoms with Crippen LogP contribution in [0, 0.1) is 13.8 Å². The van der Waals surface area contributed by atoms with Crippen LogP contribution in [0.1, 0.15) is 42.5 Å². The van der Waals surface area contributed by atoms with Crippen molar-refractivity contribution in [2.24, 2.45) is 11.5 Å². The zero-order chi connectivity index (χ0) is 13.0. The third-order valence-corrected chi connectivity index (χ3v) is 3.18. The van der Waals surface area contributed by atoms with Crippen molar-refractivity contribution < 1.29 is 4.74 Å². The fourth-order valence-corrected chi connectivity index (χ4v) is 1.88. The highest BCUT2D eigenvalue weighted by molar-refractivity contribution is 5.43. The number of nitrogens with two attached hydrogens (primary N) is 2. The largest absolute Gasteiger partial charge is 0.496 e. The third-order valence-electron chi connectivity index (χ3n) is 3.18. The monoisotopic (exact) mass is 236 g/mol. The smallest absolute Gasteiger partial charge is 0.123 e. The van der Waals surface area contributed by atoms with Gasteiger partial charge in [0.2, 0.25) is 0 Å². The van der Waals surface area contributed by atoms with Crippen LogP contribution in [-0.2, 0) is 0 Å². The number of aryl methyl sites for hydroxylation is 2. The fourth-order valence-electron chi connectivity index (χ4n) is 1.88. The van der Waals surface area contributed by atoms with Gasteiger partial charge in [0.25, 0.3) is 0 Å². The summed E-state index contributed by atoms with van der Waals surface area (Å²) in [5.41, 5.74) is 15.5. The molecule has 1 aromatic carbocycles. The summed E-state index contributed by atoms with van der Waals surface area (Å²) in [6, 6.07) is 4.37. The Morgan fingerprint density at radius 3 is 2.24 bits per heavy atom. The molecule has 3 nitrogen and oxygen atoms in total. The van der Waals surface area contributed by atoms with Crippen molar-refractivity contribution in [3.63, 3.8) is 0 Å². The first-order valence-corrected chi connectivity index (χ1v) is 6.12. The van der Waals surface area contributed by atoms with Crippen molar-refractivity contribution in [2.45, 2.75) is 45.7 Å². The molecule has 0 saturated carbocycles. The maximum atomic E-state index is 6.20. The summed E-state index contributed by atoms with van der Waals surface area (Å²) in [7, 11) is 1.69. The molecule has 0 saturated heterocycles. The standard InChI is InChI=1S/C14H24N2O/c1-9-7-12(13(16)6-5-11(3)15)14(17-4)8-10(9)2/h7-8,11,13H,5-6,15-16H2,1-4H3. The van der Waals surface area contributed by atoms with Gasteiger partial charge >= 0.3 is 0 Å². The lowest BCUT2D eigenvalue weighted by atomic mass is 9.96. The van der Waals surface area contributed by atoms with Gasteiger partial charge in [0, 0.05) is 17.6 Å². The van der Waals surface area contributed by atoms with E-state index in [9.17, 15) is 0 Å². The second kappa shape index (κ2) is 6.03. The van der Waals surface area contributed by atoms with E-state index < -0.39 is 0 Å². The van der Waals surface area contributed by atoms with Crippen molar-refractivity contribution in [3.05, 3.63) is 28.8 Å². The minimum Gasteiger partial charge on any atom is -0.496 e. The molecule has 0 aliphatic rings. The third kappa shape index (κ3) is 3.72. The lowest BCUT2D eigenvalue weighted by Crippen LogP contribution is -2.19. The van der Waals surface area contributed by atoms with Gasteiger partial charge in [-0.1, -0.05) is 6.07 Å². The van der Waals surface area contributed by atoms with Crippen LogP contribution in [0.25, 0.3) is 0 Å². The van der Waals surface area contributed by atoms with Gasteiger partial charge in [-0.05, 0) is 50.8 Å². The average molecular weight is 236 g/mol. The summed E-state index contributed by atoms with van der Waals surface area (Å²) in [6.45, 7) is 6.18. The molecule has 17 heavy (non-hydrogen) atoms. The predicted octanol–water partition coefficient (Wildman–Crippen LogP) is 2.44. The molecule has 3 heteroatoms. The molecule has 0 aliphatic heterocycles. The highest BCUT2D eigenvalue weighted by atomic mass is 16.5. The minimum atomic E-state index is -0.00440. The van der Waals surface area contributed by atoms with Crippen molar-refractivity contribution in [1.29, 1.82) is 0 Å². The van der Waals surface area contributed by atoms with Crippen LogP contribution in [0.5, 0.6) is 5.75 Å². The average Bonchev–Trinajstić information content (AvgIpc) is 2.28. The Kier molecular flexibility index (Phi) is 4.97. The van der Waals surface area contributed by atoms with Crippen LogP contribution in [-0.4, -0.2) is 13.2 Å². The molecule has 0 heterocycles. The molecule has 96 valence electrons. The lowest BCUT2D eigenvalue weighted by Gasteiger charge is -2.18. The second-order valence-corrected chi connectivity index (χ2v) is 4.84. The van der Waals surface area contributed by atoms with Crippen LogP contribution in [0.4, 0.5) is 0 Å². The summed E-state index contributed by atoms with van der Waals surface area (Å²) in [5.74, 6) is 0.880. The molecular weight excluding hydrogens is 212 g/mol. The Morgan fingerprint density at radius 1 is 1.12 bits per heavy atom. The number of rotatable bonds is 5. The molecule has 0 fully saturated rings. The number of hydrogen-bond donors (Lipinski definition) is 2. The zero-order valence-electron chi connectivity index (χ0n) is 11.3. The SMILES string of the molecule is COc1cc(C)c(C)cc1C(N)CCC(C)N. The first-order valence-electron chi connectivity index (χ1n) is 6.12. The van der Waals surface area contributed by atoms with Crippen molar-refractivity contribution >= 4 is 0 Å². The summed E-state index contributed by atoms with van der Waals surface area (Å²) < 4.78 is 5.40. The second-order valence-electron chi connectivity index (χ2n) is 4.84. The highest BCUT2D eigenvalue weighted by Crippen LogP contribution is 2.29. The summed E-state index contributed by atoms with van der Waals surface area (Å²) in [4.78, 5) is 0. The van der Waals surface area contributed by atoms with Crippen molar-refractivity contribution in [1.82, 2.24) is 0 Å². The quantitative estimate of drug-likeness (QED) is 0.825. The van der Waals surface area contributed by atoms with Crippen LogP contribution in [0.15, 0.2) is 12.1 Å². The maximum absolute atomic E-state index is 6.20. The van der Waals surface area contributed by atoms with Gasteiger partial charge in [-0.25, -0.2) is 0 Å². The fraction of sp³-hybridized carbons (Fsp3) is 0.571. The van der Waals surface area contributed by atoms with E-state index in [-0.39, 0.29) is 12.1 Å². The zero-order valence-corrected chi connectivity index (χ0v) is 11.3. The van der Waals surface area contributed by atoms with E-state index in [0.29, 0.717) is 0 Å². The first-order chi connectivity index (χ1) is 7.95. The van der Waals surface area contributed by atoms with E-state index in [4.69, 9.17) is 16.2 Å².